The molecule has 2 atom stereocenters. The summed E-state index contributed by atoms with van der Waals surface area (Å²) >= 11 is 0. The molecular weight excluding hydrogens is 208 g/mol. The fraction of sp³-hybridized carbons (Fsp3) is 0.909. The van der Waals surface area contributed by atoms with Crippen LogP contribution in [0, 0.1) is 5.92 Å². The predicted octanol–water partition coefficient (Wildman–Crippen LogP) is -0.236. The molecule has 0 aromatic rings. The number of amides is 1. The summed E-state index contributed by atoms with van der Waals surface area (Å²) in [6, 6.07) is 0.246. The molecule has 0 bridgehead atoms. The van der Waals surface area contributed by atoms with Crippen LogP contribution in [-0.2, 0) is 14.3 Å². The third kappa shape index (κ3) is 5.44. The van der Waals surface area contributed by atoms with E-state index in [4.69, 9.17) is 9.47 Å². The Labute approximate surface area is 96.9 Å². The topological polar surface area (TPSA) is 59.6 Å². The van der Waals surface area contributed by atoms with Gasteiger partial charge in [0.1, 0.15) is 0 Å². The van der Waals surface area contributed by atoms with Gasteiger partial charge in [-0.1, -0.05) is 6.92 Å². The third-order valence-corrected chi connectivity index (χ3v) is 2.53. The molecule has 5 heteroatoms. The van der Waals surface area contributed by atoms with E-state index in [0.29, 0.717) is 26.2 Å². The third-order valence-electron chi connectivity index (χ3n) is 2.53. The molecule has 2 unspecified atom stereocenters. The molecule has 1 amide bonds. The highest BCUT2D eigenvalue weighted by Gasteiger charge is 2.14. The van der Waals surface area contributed by atoms with Crippen molar-refractivity contribution in [1.82, 2.24) is 10.6 Å². The SMILES string of the molecule is COCC(C)CC(=O)NCC1COCCN1. The van der Waals surface area contributed by atoms with E-state index in [0.717, 1.165) is 13.2 Å². The lowest BCUT2D eigenvalue weighted by Gasteiger charge is -2.24. The monoisotopic (exact) mass is 230 g/mol. The van der Waals surface area contributed by atoms with Crippen LogP contribution in [0.3, 0.4) is 0 Å². The van der Waals surface area contributed by atoms with E-state index in [9.17, 15) is 4.79 Å². The summed E-state index contributed by atoms with van der Waals surface area (Å²) in [5, 5.41) is 6.19. The molecule has 0 spiro atoms. The maximum atomic E-state index is 11.5. The second-order valence-electron chi connectivity index (χ2n) is 4.29. The normalized spacial score (nSPS) is 22.8. The number of carbonyl (C=O) groups is 1. The first-order valence-corrected chi connectivity index (χ1v) is 5.79. The minimum absolute atomic E-state index is 0.0805. The highest BCUT2D eigenvalue weighted by Crippen LogP contribution is 2.01. The van der Waals surface area contributed by atoms with Gasteiger partial charge in [-0.15, -0.1) is 0 Å². The zero-order chi connectivity index (χ0) is 11.8. The van der Waals surface area contributed by atoms with Crippen molar-refractivity contribution in [3.05, 3.63) is 0 Å². The number of hydrogen-bond donors (Lipinski definition) is 2. The van der Waals surface area contributed by atoms with Crippen LogP contribution in [-0.4, -0.2) is 52.0 Å². The first-order chi connectivity index (χ1) is 7.72. The quantitative estimate of drug-likeness (QED) is 0.661. The van der Waals surface area contributed by atoms with E-state index in [1.165, 1.54) is 0 Å². The average molecular weight is 230 g/mol. The molecule has 1 heterocycles. The number of methoxy groups -OCH3 is 1. The fourth-order valence-corrected chi connectivity index (χ4v) is 1.72. The number of hydrogen-bond acceptors (Lipinski definition) is 4. The molecule has 0 aliphatic carbocycles. The summed E-state index contributed by atoms with van der Waals surface area (Å²) in [5.41, 5.74) is 0. The van der Waals surface area contributed by atoms with Gasteiger partial charge in [-0.25, -0.2) is 0 Å². The predicted molar refractivity (Wildman–Crippen MR) is 61.3 cm³/mol. The maximum Gasteiger partial charge on any atom is 0.220 e. The highest BCUT2D eigenvalue weighted by atomic mass is 16.5. The van der Waals surface area contributed by atoms with Crippen molar-refractivity contribution in [3.8, 4) is 0 Å². The van der Waals surface area contributed by atoms with Gasteiger partial charge < -0.3 is 20.1 Å². The lowest BCUT2D eigenvalue weighted by Crippen LogP contribution is -2.48. The first kappa shape index (κ1) is 13.4. The lowest BCUT2D eigenvalue weighted by molar-refractivity contribution is -0.122. The van der Waals surface area contributed by atoms with Gasteiger partial charge in [0.15, 0.2) is 0 Å². The van der Waals surface area contributed by atoms with Gasteiger partial charge in [0, 0.05) is 39.3 Å². The molecule has 1 aliphatic rings. The Bertz CT molecular complexity index is 205. The second kappa shape index (κ2) is 7.60. The number of rotatable bonds is 6. The van der Waals surface area contributed by atoms with E-state index in [2.05, 4.69) is 10.6 Å². The lowest BCUT2D eigenvalue weighted by atomic mass is 10.1. The molecule has 1 saturated heterocycles. The Hall–Kier alpha value is -0.650. The van der Waals surface area contributed by atoms with Crippen molar-refractivity contribution in [3.63, 3.8) is 0 Å². The van der Waals surface area contributed by atoms with Crippen LogP contribution >= 0.6 is 0 Å². The minimum Gasteiger partial charge on any atom is -0.384 e. The van der Waals surface area contributed by atoms with Crippen LogP contribution in [0.1, 0.15) is 13.3 Å². The van der Waals surface area contributed by atoms with Gasteiger partial charge in [0.05, 0.1) is 13.2 Å². The summed E-state index contributed by atoms with van der Waals surface area (Å²) in [6.45, 7) is 5.56. The number of ether oxygens (including phenoxy) is 2. The van der Waals surface area contributed by atoms with E-state index >= 15 is 0 Å². The zero-order valence-corrected chi connectivity index (χ0v) is 10.1. The molecule has 16 heavy (non-hydrogen) atoms. The Morgan fingerprint density at radius 2 is 2.50 bits per heavy atom. The van der Waals surface area contributed by atoms with Crippen LogP contribution in [0.2, 0.25) is 0 Å². The van der Waals surface area contributed by atoms with E-state index in [-0.39, 0.29) is 17.9 Å². The van der Waals surface area contributed by atoms with Crippen molar-refractivity contribution in [2.75, 3.05) is 40.0 Å². The number of nitrogens with one attached hydrogen (secondary N) is 2. The van der Waals surface area contributed by atoms with Crippen molar-refractivity contribution in [2.24, 2.45) is 5.92 Å². The smallest absolute Gasteiger partial charge is 0.220 e. The Morgan fingerprint density at radius 3 is 3.12 bits per heavy atom. The van der Waals surface area contributed by atoms with E-state index in [1.807, 2.05) is 6.92 Å². The zero-order valence-electron chi connectivity index (χ0n) is 10.1. The van der Waals surface area contributed by atoms with E-state index < -0.39 is 0 Å². The van der Waals surface area contributed by atoms with Crippen molar-refractivity contribution in [1.29, 1.82) is 0 Å². The highest BCUT2D eigenvalue weighted by molar-refractivity contribution is 5.76. The Kier molecular flexibility index (Phi) is 6.37. The molecule has 2 N–H and O–H groups in total. The summed E-state index contributed by atoms with van der Waals surface area (Å²) in [4.78, 5) is 11.5. The standard InChI is InChI=1S/C11H22N2O3/c1-9(7-15-2)5-11(14)13-6-10-8-16-4-3-12-10/h9-10,12H,3-8H2,1-2H3,(H,13,14). The van der Waals surface area contributed by atoms with Crippen molar-refractivity contribution >= 4 is 5.91 Å². The number of carbonyl (C=O) groups excluding carboxylic acids is 1. The number of morpholine rings is 1. The molecule has 1 fully saturated rings. The summed E-state index contributed by atoms with van der Waals surface area (Å²) in [5.74, 6) is 0.345. The Morgan fingerprint density at radius 1 is 1.69 bits per heavy atom. The molecule has 1 aliphatic heterocycles. The second-order valence-corrected chi connectivity index (χ2v) is 4.29. The van der Waals surface area contributed by atoms with Crippen molar-refractivity contribution in [2.45, 2.75) is 19.4 Å². The van der Waals surface area contributed by atoms with Crippen LogP contribution in [0.4, 0.5) is 0 Å². The van der Waals surface area contributed by atoms with Gasteiger partial charge in [0.25, 0.3) is 0 Å². The van der Waals surface area contributed by atoms with Gasteiger partial charge in [-0.3, -0.25) is 4.79 Å². The maximum absolute atomic E-state index is 11.5. The summed E-state index contributed by atoms with van der Waals surface area (Å²) in [7, 11) is 1.65. The summed E-state index contributed by atoms with van der Waals surface area (Å²) in [6.07, 6.45) is 0.515. The molecule has 1 rings (SSSR count). The molecular formula is C11H22N2O3. The molecule has 0 aromatic carbocycles. The fourth-order valence-electron chi connectivity index (χ4n) is 1.72. The molecule has 0 aromatic heterocycles. The summed E-state index contributed by atoms with van der Waals surface area (Å²) < 4.78 is 10.3. The van der Waals surface area contributed by atoms with Gasteiger partial charge in [0.2, 0.25) is 5.91 Å². The molecule has 5 nitrogen and oxygen atoms in total. The minimum atomic E-state index is 0.0805. The van der Waals surface area contributed by atoms with Gasteiger partial charge in [-0.05, 0) is 5.92 Å². The van der Waals surface area contributed by atoms with Crippen LogP contribution in [0.5, 0.6) is 0 Å². The van der Waals surface area contributed by atoms with E-state index in [1.54, 1.807) is 7.11 Å². The van der Waals surface area contributed by atoms with Crippen LogP contribution < -0.4 is 10.6 Å². The van der Waals surface area contributed by atoms with Gasteiger partial charge >= 0.3 is 0 Å². The van der Waals surface area contributed by atoms with Gasteiger partial charge in [-0.2, -0.15) is 0 Å². The molecule has 0 radical (unpaired) electrons. The largest absolute Gasteiger partial charge is 0.384 e. The first-order valence-electron chi connectivity index (χ1n) is 5.79. The molecule has 0 saturated carbocycles. The molecule has 94 valence electrons. The Balaban J connectivity index is 2.09. The van der Waals surface area contributed by atoms with Crippen LogP contribution in [0.25, 0.3) is 0 Å². The average Bonchev–Trinajstić information content (AvgIpc) is 2.28. The van der Waals surface area contributed by atoms with Crippen LogP contribution in [0.15, 0.2) is 0 Å². The van der Waals surface area contributed by atoms with Crippen molar-refractivity contribution < 1.29 is 14.3 Å².